The molecule has 1 aliphatic rings. The second kappa shape index (κ2) is 6.57. The van der Waals surface area contributed by atoms with Crippen LogP contribution in [0.4, 0.5) is 5.69 Å². The standard InChI is InChI=1S/C13H16Cl2N2O2/c1-9(17-4-6-19-7-5-17)13(18)16-12-3-2-10(14)8-11(12)15/h2-3,8-9H,4-7H2,1H3,(H,16,18)/t9-/m0/s1. The number of rotatable bonds is 3. The van der Waals surface area contributed by atoms with Gasteiger partial charge in [0.2, 0.25) is 5.91 Å². The first-order chi connectivity index (χ1) is 9.08. The van der Waals surface area contributed by atoms with Crippen LogP contribution in [0.15, 0.2) is 18.2 Å². The van der Waals surface area contributed by atoms with Crippen molar-refractivity contribution in [2.45, 2.75) is 13.0 Å². The highest BCUT2D eigenvalue weighted by Gasteiger charge is 2.23. The summed E-state index contributed by atoms with van der Waals surface area (Å²) in [6.07, 6.45) is 0. The van der Waals surface area contributed by atoms with E-state index in [0.29, 0.717) is 28.9 Å². The molecule has 0 bridgehead atoms. The van der Waals surface area contributed by atoms with Crippen molar-refractivity contribution < 1.29 is 9.53 Å². The topological polar surface area (TPSA) is 41.6 Å². The SMILES string of the molecule is C[C@@H](C(=O)Nc1ccc(Cl)cc1Cl)N1CCOCC1. The van der Waals surface area contributed by atoms with Crippen molar-refractivity contribution in [1.82, 2.24) is 4.90 Å². The van der Waals surface area contributed by atoms with E-state index in [4.69, 9.17) is 27.9 Å². The number of anilines is 1. The van der Waals surface area contributed by atoms with Crippen molar-refractivity contribution in [3.8, 4) is 0 Å². The molecule has 1 aromatic rings. The summed E-state index contributed by atoms with van der Waals surface area (Å²) in [5, 5.41) is 3.81. The van der Waals surface area contributed by atoms with Gasteiger partial charge in [-0.1, -0.05) is 23.2 Å². The lowest BCUT2D eigenvalue weighted by Crippen LogP contribution is -2.47. The molecular formula is C13H16Cl2N2O2. The number of ether oxygens (including phenoxy) is 1. The fraction of sp³-hybridized carbons (Fsp3) is 0.462. The Kier molecular flexibility index (Phi) is 5.05. The molecule has 1 heterocycles. The first kappa shape index (κ1) is 14.6. The number of halogens is 2. The van der Waals surface area contributed by atoms with Crippen LogP contribution in [0.5, 0.6) is 0 Å². The monoisotopic (exact) mass is 302 g/mol. The third-order valence-corrected chi connectivity index (χ3v) is 3.71. The number of amides is 1. The van der Waals surface area contributed by atoms with Gasteiger partial charge in [-0.25, -0.2) is 0 Å². The zero-order chi connectivity index (χ0) is 13.8. The molecule has 1 saturated heterocycles. The molecular weight excluding hydrogens is 287 g/mol. The zero-order valence-electron chi connectivity index (χ0n) is 10.7. The Morgan fingerprint density at radius 1 is 1.37 bits per heavy atom. The molecule has 104 valence electrons. The van der Waals surface area contributed by atoms with Crippen LogP contribution in [0, 0.1) is 0 Å². The highest BCUT2D eigenvalue weighted by molar-refractivity contribution is 6.36. The number of carbonyl (C=O) groups excluding carboxylic acids is 1. The molecule has 0 unspecified atom stereocenters. The number of hydrogen-bond acceptors (Lipinski definition) is 3. The van der Waals surface area contributed by atoms with Crippen molar-refractivity contribution >= 4 is 34.8 Å². The van der Waals surface area contributed by atoms with Crippen LogP contribution in [-0.2, 0) is 9.53 Å². The maximum absolute atomic E-state index is 12.2. The van der Waals surface area contributed by atoms with Crippen LogP contribution in [0.1, 0.15) is 6.92 Å². The lowest BCUT2D eigenvalue weighted by molar-refractivity contribution is -0.122. The molecule has 0 spiro atoms. The van der Waals surface area contributed by atoms with Gasteiger partial charge in [-0.2, -0.15) is 0 Å². The average molecular weight is 303 g/mol. The molecule has 0 aliphatic carbocycles. The molecule has 4 nitrogen and oxygen atoms in total. The summed E-state index contributed by atoms with van der Waals surface area (Å²) in [6, 6.07) is 4.80. The fourth-order valence-electron chi connectivity index (χ4n) is 1.96. The number of hydrogen-bond donors (Lipinski definition) is 1. The summed E-state index contributed by atoms with van der Waals surface area (Å²) in [5.74, 6) is -0.0777. The van der Waals surface area contributed by atoms with Gasteiger partial charge in [0.1, 0.15) is 0 Å². The second-order valence-electron chi connectivity index (χ2n) is 4.44. The minimum absolute atomic E-state index is 0.0777. The van der Waals surface area contributed by atoms with Crippen molar-refractivity contribution in [2.75, 3.05) is 31.6 Å². The van der Waals surface area contributed by atoms with Crippen molar-refractivity contribution in [3.05, 3.63) is 28.2 Å². The Bertz CT molecular complexity index is 462. The van der Waals surface area contributed by atoms with Gasteiger partial charge >= 0.3 is 0 Å². The minimum Gasteiger partial charge on any atom is -0.379 e. The van der Waals surface area contributed by atoms with Gasteiger partial charge in [0.05, 0.1) is 30.0 Å². The van der Waals surface area contributed by atoms with Crippen molar-refractivity contribution in [1.29, 1.82) is 0 Å². The summed E-state index contributed by atoms with van der Waals surface area (Å²) in [5.41, 5.74) is 0.580. The van der Waals surface area contributed by atoms with Gasteiger partial charge in [0, 0.05) is 18.1 Å². The van der Waals surface area contributed by atoms with Crippen LogP contribution >= 0.6 is 23.2 Å². The fourth-order valence-corrected chi connectivity index (χ4v) is 2.41. The quantitative estimate of drug-likeness (QED) is 0.933. The maximum atomic E-state index is 12.2. The molecule has 6 heteroatoms. The Hall–Kier alpha value is -0.810. The van der Waals surface area contributed by atoms with E-state index in [1.807, 2.05) is 6.92 Å². The Morgan fingerprint density at radius 3 is 2.68 bits per heavy atom. The highest BCUT2D eigenvalue weighted by atomic mass is 35.5. The van der Waals surface area contributed by atoms with Gasteiger partial charge in [-0.3, -0.25) is 9.69 Å². The molecule has 1 aromatic carbocycles. The lowest BCUT2D eigenvalue weighted by atomic mass is 10.2. The third kappa shape index (κ3) is 3.83. The van der Waals surface area contributed by atoms with Crippen LogP contribution in [0.3, 0.4) is 0 Å². The van der Waals surface area contributed by atoms with E-state index >= 15 is 0 Å². The number of nitrogens with zero attached hydrogens (tertiary/aromatic N) is 1. The minimum atomic E-state index is -0.212. The zero-order valence-corrected chi connectivity index (χ0v) is 12.2. The van der Waals surface area contributed by atoms with Crippen LogP contribution in [-0.4, -0.2) is 43.2 Å². The average Bonchev–Trinajstić information content (AvgIpc) is 2.42. The molecule has 0 radical (unpaired) electrons. The second-order valence-corrected chi connectivity index (χ2v) is 5.28. The Morgan fingerprint density at radius 2 is 2.05 bits per heavy atom. The van der Waals surface area contributed by atoms with Crippen LogP contribution in [0.25, 0.3) is 0 Å². The van der Waals surface area contributed by atoms with Crippen molar-refractivity contribution in [3.63, 3.8) is 0 Å². The molecule has 2 rings (SSSR count). The number of nitrogens with one attached hydrogen (secondary N) is 1. The largest absolute Gasteiger partial charge is 0.379 e. The van der Waals surface area contributed by atoms with E-state index in [1.165, 1.54) is 0 Å². The van der Waals surface area contributed by atoms with Gasteiger partial charge in [0.15, 0.2) is 0 Å². The molecule has 1 amide bonds. The molecule has 1 fully saturated rings. The molecule has 1 atom stereocenters. The molecule has 1 N–H and O–H groups in total. The van der Waals surface area contributed by atoms with E-state index < -0.39 is 0 Å². The third-order valence-electron chi connectivity index (χ3n) is 3.16. The normalized spacial score (nSPS) is 18.1. The van der Waals surface area contributed by atoms with E-state index in [-0.39, 0.29) is 11.9 Å². The number of morpholine rings is 1. The molecule has 19 heavy (non-hydrogen) atoms. The summed E-state index contributed by atoms with van der Waals surface area (Å²) in [6.45, 7) is 4.75. The molecule has 0 aromatic heterocycles. The van der Waals surface area contributed by atoms with E-state index in [0.717, 1.165) is 13.1 Å². The molecule has 0 saturated carbocycles. The van der Waals surface area contributed by atoms with E-state index in [2.05, 4.69) is 10.2 Å². The predicted octanol–water partition coefficient (Wildman–Crippen LogP) is 2.65. The summed E-state index contributed by atoms with van der Waals surface area (Å²) < 4.78 is 5.27. The highest BCUT2D eigenvalue weighted by Crippen LogP contribution is 2.25. The molecule has 1 aliphatic heterocycles. The van der Waals surface area contributed by atoms with Gasteiger partial charge in [-0.05, 0) is 25.1 Å². The van der Waals surface area contributed by atoms with Crippen molar-refractivity contribution in [2.24, 2.45) is 0 Å². The lowest BCUT2D eigenvalue weighted by Gasteiger charge is -2.31. The predicted molar refractivity (Wildman–Crippen MR) is 76.9 cm³/mol. The van der Waals surface area contributed by atoms with E-state index in [9.17, 15) is 4.79 Å². The summed E-state index contributed by atoms with van der Waals surface area (Å²) in [7, 11) is 0. The number of carbonyl (C=O) groups is 1. The van der Waals surface area contributed by atoms with E-state index in [1.54, 1.807) is 18.2 Å². The van der Waals surface area contributed by atoms with Crippen LogP contribution < -0.4 is 5.32 Å². The summed E-state index contributed by atoms with van der Waals surface area (Å²) >= 11 is 11.8. The summed E-state index contributed by atoms with van der Waals surface area (Å²) in [4.78, 5) is 14.2. The first-order valence-electron chi connectivity index (χ1n) is 6.15. The van der Waals surface area contributed by atoms with Gasteiger partial charge in [-0.15, -0.1) is 0 Å². The Balaban J connectivity index is 1.99. The van der Waals surface area contributed by atoms with Gasteiger partial charge < -0.3 is 10.1 Å². The maximum Gasteiger partial charge on any atom is 0.241 e. The van der Waals surface area contributed by atoms with Crippen LogP contribution in [0.2, 0.25) is 10.0 Å². The Labute approximate surface area is 122 Å². The number of benzene rings is 1. The smallest absolute Gasteiger partial charge is 0.241 e. The van der Waals surface area contributed by atoms with Gasteiger partial charge in [0.25, 0.3) is 0 Å². The first-order valence-corrected chi connectivity index (χ1v) is 6.91.